The van der Waals surface area contributed by atoms with Crippen LogP contribution in [0.4, 0.5) is 0 Å². The molecule has 0 aromatic heterocycles. The number of rotatable bonds is 0. The zero-order chi connectivity index (χ0) is 8.65. The average molecular weight is 166 g/mol. The van der Waals surface area contributed by atoms with E-state index in [1.165, 1.54) is 25.7 Å². The van der Waals surface area contributed by atoms with Crippen molar-refractivity contribution >= 4 is 5.84 Å². The fourth-order valence-electron chi connectivity index (χ4n) is 1.34. The molecular formula is C10H18N2. The van der Waals surface area contributed by atoms with Gasteiger partial charge in [-0.3, -0.25) is 4.99 Å². The lowest BCUT2D eigenvalue weighted by atomic mass is 10.1. The van der Waals surface area contributed by atoms with Crippen LogP contribution in [-0.2, 0) is 0 Å². The van der Waals surface area contributed by atoms with Gasteiger partial charge in [-0.1, -0.05) is 18.6 Å². The molecule has 2 nitrogen and oxygen atoms in total. The Hall–Kier alpha value is -0.790. The predicted molar refractivity (Wildman–Crippen MR) is 53.3 cm³/mol. The van der Waals surface area contributed by atoms with Crippen molar-refractivity contribution in [3.05, 3.63) is 12.2 Å². The fourth-order valence-corrected chi connectivity index (χ4v) is 1.34. The van der Waals surface area contributed by atoms with Crippen LogP contribution in [-0.4, -0.2) is 12.4 Å². The molecule has 12 heavy (non-hydrogen) atoms. The second-order valence-electron chi connectivity index (χ2n) is 3.23. The maximum Gasteiger partial charge on any atom is 0.0937 e. The summed E-state index contributed by atoms with van der Waals surface area (Å²) in [6.45, 7) is 0.863. The molecule has 1 aliphatic heterocycles. The van der Waals surface area contributed by atoms with Crippen LogP contribution >= 0.6 is 0 Å². The lowest BCUT2D eigenvalue weighted by Crippen LogP contribution is -2.11. The molecule has 0 aliphatic carbocycles. The first kappa shape index (κ1) is 9.30. The topological polar surface area (TPSA) is 38.4 Å². The van der Waals surface area contributed by atoms with Crippen molar-refractivity contribution in [2.75, 3.05) is 6.54 Å². The number of hydrogen-bond acceptors (Lipinski definition) is 2. The van der Waals surface area contributed by atoms with Gasteiger partial charge in [-0.05, 0) is 25.7 Å². The first-order valence-electron chi connectivity index (χ1n) is 4.83. The Bertz CT molecular complexity index is 171. The van der Waals surface area contributed by atoms with Crippen molar-refractivity contribution < 1.29 is 0 Å². The van der Waals surface area contributed by atoms with Crippen molar-refractivity contribution in [2.45, 2.75) is 38.5 Å². The smallest absolute Gasteiger partial charge is 0.0937 e. The van der Waals surface area contributed by atoms with E-state index in [4.69, 9.17) is 5.73 Å². The molecule has 0 radical (unpaired) electrons. The third-order valence-electron chi connectivity index (χ3n) is 2.08. The van der Waals surface area contributed by atoms with Crippen LogP contribution in [0.1, 0.15) is 38.5 Å². The summed E-state index contributed by atoms with van der Waals surface area (Å²) < 4.78 is 0. The molecule has 0 saturated heterocycles. The van der Waals surface area contributed by atoms with Crippen LogP contribution in [0, 0.1) is 0 Å². The summed E-state index contributed by atoms with van der Waals surface area (Å²) in [6, 6.07) is 0. The molecule has 1 heterocycles. The fraction of sp³-hybridized carbons (Fsp3) is 0.700. The predicted octanol–water partition coefficient (Wildman–Crippen LogP) is 2.25. The minimum Gasteiger partial charge on any atom is -0.387 e. The average Bonchev–Trinajstić information content (AvgIpc) is 2.11. The van der Waals surface area contributed by atoms with Crippen molar-refractivity contribution in [3.8, 4) is 0 Å². The third-order valence-corrected chi connectivity index (χ3v) is 2.08. The number of allylic oxidation sites excluding steroid dienone is 1. The molecule has 0 amide bonds. The van der Waals surface area contributed by atoms with Gasteiger partial charge in [-0.2, -0.15) is 0 Å². The quantitative estimate of drug-likeness (QED) is 0.551. The zero-order valence-corrected chi connectivity index (χ0v) is 7.63. The molecule has 1 rings (SSSR count). The Labute approximate surface area is 74.6 Å². The molecule has 0 aromatic carbocycles. The summed E-state index contributed by atoms with van der Waals surface area (Å²) in [4.78, 5) is 4.27. The monoisotopic (exact) mass is 166 g/mol. The van der Waals surface area contributed by atoms with Gasteiger partial charge < -0.3 is 5.73 Å². The first-order chi connectivity index (χ1) is 5.89. The van der Waals surface area contributed by atoms with Crippen LogP contribution in [0.25, 0.3) is 0 Å². The lowest BCUT2D eigenvalue weighted by Gasteiger charge is -1.98. The van der Waals surface area contributed by atoms with Crippen LogP contribution in [0.3, 0.4) is 0 Å². The summed E-state index contributed by atoms with van der Waals surface area (Å²) in [5.41, 5.74) is 5.70. The molecule has 0 saturated carbocycles. The first-order valence-corrected chi connectivity index (χ1v) is 4.83. The molecule has 2 N–H and O–H groups in total. The highest BCUT2D eigenvalue weighted by Gasteiger charge is 1.94. The van der Waals surface area contributed by atoms with Crippen molar-refractivity contribution in [3.63, 3.8) is 0 Å². The van der Waals surface area contributed by atoms with Crippen LogP contribution in [0.2, 0.25) is 0 Å². The van der Waals surface area contributed by atoms with Crippen molar-refractivity contribution in [1.82, 2.24) is 0 Å². The summed E-state index contributed by atoms with van der Waals surface area (Å²) >= 11 is 0. The molecule has 0 aromatic rings. The number of amidine groups is 1. The van der Waals surface area contributed by atoms with Gasteiger partial charge in [0.2, 0.25) is 0 Å². The van der Waals surface area contributed by atoms with Gasteiger partial charge in [0.1, 0.15) is 0 Å². The molecule has 0 fully saturated rings. The molecule has 0 unspecified atom stereocenters. The SMILES string of the molecule is NC1=NCC/C=C\CCCCC1. The van der Waals surface area contributed by atoms with Gasteiger partial charge in [-0.25, -0.2) is 0 Å². The summed E-state index contributed by atoms with van der Waals surface area (Å²) in [5, 5.41) is 0. The molecular weight excluding hydrogens is 148 g/mol. The second kappa shape index (κ2) is 5.81. The van der Waals surface area contributed by atoms with E-state index < -0.39 is 0 Å². The number of nitrogens with two attached hydrogens (primary N) is 1. The maximum atomic E-state index is 5.70. The van der Waals surface area contributed by atoms with Gasteiger partial charge in [0, 0.05) is 13.0 Å². The van der Waals surface area contributed by atoms with Crippen molar-refractivity contribution in [2.24, 2.45) is 10.7 Å². The van der Waals surface area contributed by atoms with Gasteiger partial charge in [0.05, 0.1) is 5.84 Å². The maximum absolute atomic E-state index is 5.70. The Morgan fingerprint density at radius 3 is 2.83 bits per heavy atom. The van der Waals surface area contributed by atoms with E-state index in [0.29, 0.717) is 0 Å². The molecule has 0 spiro atoms. The molecule has 0 bridgehead atoms. The van der Waals surface area contributed by atoms with E-state index in [-0.39, 0.29) is 0 Å². The standard InChI is InChI=1S/C10H18N2/c11-10-8-6-4-2-1-3-5-7-9-12-10/h3,5H,1-2,4,6-9H2,(H2,11,12)/b5-3-. The van der Waals surface area contributed by atoms with Gasteiger partial charge in [0.15, 0.2) is 0 Å². The van der Waals surface area contributed by atoms with Crippen molar-refractivity contribution in [1.29, 1.82) is 0 Å². The summed E-state index contributed by atoms with van der Waals surface area (Å²) in [6.07, 6.45) is 11.5. The Kier molecular flexibility index (Phi) is 4.50. The van der Waals surface area contributed by atoms with Gasteiger partial charge in [0.25, 0.3) is 0 Å². The second-order valence-corrected chi connectivity index (χ2v) is 3.23. The van der Waals surface area contributed by atoms with E-state index in [0.717, 1.165) is 25.2 Å². The Balaban J connectivity index is 2.34. The van der Waals surface area contributed by atoms with E-state index >= 15 is 0 Å². The molecule has 2 heteroatoms. The van der Waals surface area contributed by atoms with E-state index in [9.17, 15) is 0 Å². The van der Waals surface area contributed by atoms with Crippen LogP contribution < -0.4 is 5.73 Å². The lowest BCUT2D eigenvalue weighted by molar-refractivity contribution is 0.705. The number of hydrogen-bond donors (Lipinski definition) is 1. The highest BCUT2D eigenvalue weighted by molar-refractivity contribution is 5.80. The van der Waals surface area contributed by atoms with Gasteiger partial charge in [-0.15, -0.1) is 0 Å². The highest BCUT2D eigenvalue weighted by atomic mass is 14.8. The molecule has 0 atom stereocenters. The van der Waals surface area contributed by atoms with E-state index in [2.05, 4.69) is 17.1 Å². The normalized spacial score (nSPS) is 23.8. The summed E-state index contributed by atoms with van der Waals surface area (Å²) in [5.74, 6) is 0.838. The Morgan fingerprint density at radius 1 is 1.08 bits per heavy atom. The minimum atomic E-state index is 0.838. The molecule has 1 aliphatic rings. The van der Waals surface area contributed by atoms with E-state index in [1.54, 1.807) is 0 Å². The largest absolute Gasteiger partial charge is 0.387 e. The third kappa shape index (κ3) is 4.16. The summed E-state index contributed by atoms with van der Waals surface area (Å²) in [7, 11) is 0. The van der Waals surface area contributed by atoms with Gasteiger partial charge >= 0.3 is 0 Å². The number of nitrogens with zero attached hydrogens (tertiary/aromatic N) is 1. The number of aliphatic imine (C=N–C) groups is 1. The minimum absolute atomic E-state index is 0.838. The van der Waals surface area contributed by atoms with E-state index in [1.807, 2.05) is 0 Å². The highest BCUT2D eigenvalue weighted by Crippen LogP contribution is 2.05. The van der Waals surface area contributed by atoms with Crippen LogP contribution in [0.15, 0.2) is 17.1 Å². The van der Waals surface area contributed by atoms with Crippen LogP contribution in [0.5, 0.6) is 0 Å². The zero-order valence-electron chi connectivity index (χ0n) is 7.63. The molecule has 68 valence electrons. The Morgan fingerprint density at radius 2 is 1.92 bits per heavy atom.